The molecule has 1 fully saturated rings. The summed E-state index contributed by atoms with van der Waals surface area (Å²) < 4.78 is 4.86. The Morgan fingerprint density at radius 3 is 2.44 bits per heavy atom. The van der Waals surface area contributed by atoms with Crippen LogP contribution in [-0.2, 0) is 9.53 Å². The van der Waals surface area contributed by atoms with Gasteiger partial charge in [0.2, 0.25) is 0 Å². The molecule has 0 radical (unpaired) electrons. The van der Waals surface area contributed by atoms with E-state index < -0.39 is 0 Å². The maximum absolute atomic E-state index is 11.6. The Labute approximate surface area is 98.9 Å². The lowest BCUT2D eigenvalue weighted by Gasteiger charge is -2.30. The van der Waals surface area contributed by atoms with Crippen LogP contribution in [0.3, 0.4) is 0 Å². The highest BCUT2D eigenvalue weighted by molar-refractivity contribution is 5.72. The van der Waals surface area contributed by atoms with Gasteiger partial charge in [0.05, 0.1) is 13.0 Å². The third kappa shape index (κ3) is 4.52. The van der Waals surface area contributed by atoms with Gasteiger partial charge in [0.1, 0.15) is 0 Å². The second kappa shape index (κ2) is 5.67. The van der Waals surface area contributed by atoms with Gasteiger partial charge in [-0.1, -0.05) is 27.2 Å². The Bertz CT molecular complexity index is 229. The van der Waals surface area contributed by atoms with E-state index in [0.29, 0.717) is 6.04 Å². The van der Waals surface area contributed by atoms with Crippen molar-refractivity contribution < 1.29 is 9.53 Å². The smallest absolute Gasteiger partial charge is 0.309 e. The van der Waals surface area contributed by atoms with E-state index in [1.165, 1.54) is 26.4 Å². The molecular formula is C13H25NO2. The Hall–Kier alpha value is -0.570. The third-order valence-electron chi connectivity index (χ3n) is 3.15. The van der Waals surface area contributed by atoms with Gasteiger partial charge in [0.25, 0.3) is 0 Å². The van der Waals surface area contributed by atoms with Crippen molar-refractivity contribution in [2.24, 2.45) is 11.3 Å². The molecule has 0 bridgehead atoms. The van der Waals surface area contributed by atoms with E-state index in [2.05, 4.69) is 26.1 Å². The molecule has 94 valence electrons. The topological polar surface area (TPSA) is 38.3 Å². The average molecular weight is 227 g/mol. The molecule has 3 nitrogen and oxygen atoms in total. The highest BCUT2D eigenvalue weighted by atomic mass is 16.5. The van der Waals surface area contributed by atoms with Crippen molar-refractivity contribution in [2.75, 3.05) is 13.7 Å². The van der Waals surface area contributed by atoms with Crippen LogP contribution in [0.4, 0.5) is 0 Å². The molecule has 0 aromatic heterocycles. The van der Waals surface area contributed by atoms with E-state index in [9.17, 15) is 4.79 Å². The normalized spacial score (nSPS) is 19.0. The molecule has 0 aromatic rings. The Morgan fingerprint density at radius 2 is 2.06 bits per heavy atom. The fraction of sp³-hybridized carbons (Fsp3) is 0.923. The Morgan fingerprint density at radius 1 is 1.44 bits per heavy atom. The molecule has 0 heterocycles. The first-order chi connectivity index (χ1) is 7.42. The van der Waals surface area contributed by atoms with Gasteiger partial charge in [-0.2, -0.15) is 0 Å². The molecule has 1 aliphatic carbocycles. The molecule has 1 unspecified atom stereocenters. The largest absolute Gasteiger partial charge is 0.469 e. The minimum absolute atomic E-state index is 0.00870. The zero-order valence-electron chi connectivity index (χ0n) is 11.0. The molecule has 0 saturated heterocycles. The van der Waals surface area contributed by atoms with Gasteiger partial charge in [-0.15, -0.1) is 0 Å². The van der Waals surface area contributed by atoms with E-state index in [4.69, 9.17) is 4.74 Å². The highest BCUT2D eigenvalue weighted by Crippen LogP contribution is 2.26. The van der Waals surface area contributed by atoms with Gasteiger partial charge in [0, 0.05) is 12.6 Å². The first-order valence-corrected chi connectivity index (χ1v) is 6.23. The van der Waals surface area contributed by atoms with Gasteiger partial charge in [-0.3, -0.25) is 4.79 Å². The molecular weight excluding hydrogens is 202 g/mol. The van der Waals surface area contributed by atoms with E-state index in [1.54, 1.807) is 0 Å². The van der Waals surface area contributed by atoms with Gasteiger partial charge in [-0.05, 0) is 24.7 Å². The van der Waals surface area contributed by atoms with Gasteiger partial charge >= 0.3 is 5.97 Å². The van der Waals surface area contributed by atoms with Crippen molar-refractivity contribution in [3.8, 4) is 0 Å². The minimum Gasteiger partial charge on any atom is -0.469 e. The predicted octanol–water partition coefficient (Wildman–Crippen LogP) is 2.35. The lowest BCUT2D eigenvalue weighted by molar-refractivity contribution is -0.146. The summed E-state index contributed by atoms with van der Waals surface area (Å²) in [6, 6.07) is 0.632. The maximum atomic E-state index is 11.6. The van der Waals surface area contributed by atoms with Crippen molar-refractivity contribution in [2.45, 2.75) is 52.5 Å². The fourth-order valence-corrected chi connectivity index (χ4v) is 2.07. The highest BCUT2D eigenvalue weighted by Gasteiger charge is 2.27. The summed E-state index contributed by atoms with van der Waals surface area (Å²) in [4.78, 5) is 11.6. The Balaban J connectivity index is 2.39. The van der Waals surface area contributed by atoms with Crippen molar-refractivity contribution in [3.05, 3.63) is 0 Å². The van der Waals surface area contributed by atoms with E-state index in [-0.39, 0.29) is 17.3 Å². The summed E-state index contributed by atoms with van der Waals surface area (Å²) in [7, 11) is 1.47. The molecule has 0 aliphatic heterocycles. The van der Waals surface area contributed by atoms with Crippen molar-refractivity contribution >= 4 is 5.97 Å². The van der Waals surface area contributed by atoms with Crippen LogP contribution in [0.5, 0.6) is 0 Å². The second-order valence-corrected chi connectivity index (χ2v) is 6.02. The van der Waals surface area contributed by atoms with Gasteiger partial charge in [-0.25, -0.2) is 0 Å². The molecule has 1 saturated carbocycles. The van der Waals surface area contributed by atoms with Crippen LogP contribution in [-0.4, -0.2) is 25.7 Å². The minimum atomic E-state index is -0.0817. The summed E-state index contributed by atoms with van der Waals surface area (Å²) in [6.45, 7) is 7.24. The van der Waals surface area contributed by atoms with Crippen LogP contribution in [0, 0.1) is 11.3 Å². The molecule has 1 rings (SSSR count). The van der Waals surface area contributed by atoms with Crippen LogP contribution in [0.25, 0.3) is 0 Å². The zero-order chi connectivity index (χ0) is 12.2. The number of hydrogen-bond acceptors (Lipinski definition) is 3. The SMILES string of the molecule is COC(=O)C(CNC1CCC1)CC(C)(C)C. The predicted molar refractivity (Wildman–Crippen MR) is 65.2 cm³/mol. The number of methoxy groups -OCH3 is 1. The third-order valence-corrected chi connectivity index (χ3v) is 3.15. The summed E-state index contributed by atoms with van der Waals surface area (Å²) in [6.07, 6.45) is 4.70. The molecule has 1 aliphatic rings. The lowest BCUT2D eigenvalue weighted by Crippen LogP contribution is -2.41. The number of esters is 1. The molecule has 3 heteroatoms. The first-order valence-electron chi connectivity index (χ1n) is 6.23. The average Bonchev–Trinajstić information content (AvgIpc) is 2.10. The number of hydrogen-bond donors (Lipinski definition) is 1. The first kappa shape index (κ1) is 13.5. The van der Waals surface area contributed by atoms with Crippen LogP contribution in [0.1, 0.15) is 46.5 Å². The fourth-order valence-electron chi connectivity index (χ4n) is 2.07. The molecule has 0 amide bonds. The van der Waals surface area contributed by atoms with Crippen LogP contribution in [0.2, 0.25) is 0 Å². The monoisotopic (exact) mass is 227 g/mol. The van der Waals surface area contributed by atoms with Crippen molar-refractivity contribution in [1.82, 2.24) is 5.32 Å². The number of carbonyl (C=O) groups is 1. The quantitative estimate of drug-likeness (QED) is 0.733. The molecule has 16 heavy (non-hydrogen) atoms. The maximum Gasteiger partial charge on any atom is 0.309 e. The second-order valence-electron chi connectivity index (χ2n) is 6.02. The van der Waals surface area contributed by atoms with E-state index in [0.717, 1.165) is 13.0 Å². The number of ether oxygens (including phenoxy) is 1. The van der Waals surface area contributed by atoms with Crippen molar-refractivity contribution in [3.63, 3.8) is 0 Å². The lowest BCUT2D eigenvalue weighted by atomic mass is 9.84. The van der Waals surface area contributed by atoms with Gasteiger partial charge < -0.3 is 10.1 Å². The van der Waals surface area contributed by atoms with E-state index >= 15 is 0 Å². The summed E-state index contributed by atoms with van der Waals surface area (Å²) in [5, 5.41) is 3.46. The summed E-state index contributed by atoms with van der Waals surface area (Å²) in [5.41, 5.74) is 0.167. The standard InChI is InChI=1S/C13H25NO2/c1-13(2,3)8-10(12(15)16-4)9-14-11-6-5-7-11/h10-11,14H,5-9H2,1-4H3. The Kier molecular flexibility index (Phi) is 4.78. The molecule has 1 N–H and O–H groups in total. The molecule has 0 spiro atoms. The number of rotatable bonds is 5. The molecule has 0 aromatic carbocycles. The van der Waals surface area contributed by atoms with E-state index in [1.807, 2.05) is 0 Å². The summed E-state index contributed by atoms with van der Waals surface area (Å²) >= 11 is 0. The van der Waals surface area contributed by atoms with Crippen LogP contribution >= 0.6 is 0 Å². The molecule has 1 atom stereocenters. The zero-order valence-corrected chi connectivity index (χ0v) is 11.0. The summed E-state index contributed by atoms with van der Waals surface area (Å²) in [5.74, 6) is -0.0904. The van der Waals surface area contributed by atoms with Crippen molar-refractivity contribution in [1.29, 1.82) is 0 Å². The van der Waals surface area contributed by atoms with Crippen LogP contribution in [0.15, 0.2) is 0 Å². The number of nitrogens with one attached hydrogen (secondary N) is 1. The van der Waals surface area contributed by atoms with Gasteiger partial charge in [0.15, 0.2) is 0 Å². The number of carbonyl (C=O) groups excluding carboxylic acids is 1. The van der Waals surface area contributed by atoms with Crippen LogP contribution < -0.4 is 5.32 Å².